The zero-order valence-corrected chi connectivity index (χ0v) is 11.9. The number of unbranched alkanes of at least 4 members (excludes halogenated alkanes) is 2. The Hall–Kier alpha value is -1.58. The average molecular weight is 327 g/mol. The van der Waals surface area contributed by atoms with Gasteiger partial charge in [0.2, 0.25) is 6.29 Å². The molecule has 1 heterocycles. The van der Waals surface area contributed by atoms with Crippen LogP contribution in [0, 0.1) is 0 Å². The summed E-state index contributed by atoms with van der Waals surface area (Å²) >= 11 is 1.50. The van der Waals surface area contributed by atoms with Crippen LogP contribution in [-0.2, 0) is 9.59 Å². The van der Waals surface area contributed by atoms with Gasteiger partial charge in [0.15, 0.2) is 5.17 Å². The molecule has 0 fully saturated rings. The number of nitrogens with two attached hydrogens (primary N) is 1. The fourth-order valence-corrected chi connectivity index (χ4v) is 1.85. The number of carboxylic acid groups (broad SMARTS) is 1. The predicted molar refractivity (Wildman–Crippen MR) is 74.4 cm³/mol. The molecule has 120 valence electrons. The summed E-state index contributed by atoms with van der Waals surface area (Å²) in [6, 6.07) is 0. The van der Waals surface area contributed by atoms with Crippen LogP contribution in [-0.4, -0.2) is 40.2 Å². The van der Waals surface area contributed by atoms with Crippen molar-refractivity contribution in [3.8, 4) is 0 Å². The maximum Gasteiger partial charge on any atom is 0.446 e. The monoisotopic (exact) mass is 327 g/mol. The van der Waals surface area contributed by atoms with Crippen molar-refractivity contribution in [1.82, 2.24) is 0 Å². The molecule has 0 bridgehead atoms. The molecule has 1 aliphatic rings. The number of carboxylic acids is 1. The molecule has 10 heteroatoms. The van der Waals surface area contributed by atoms with E-state index in [-0.39, 0.29) is 6.42 Å². The van der Waals surface area contributed by atoms with Crippen LogP contribution in [0.1, 0.15) is 32.1 Å². The second-order valence-electron chi connectivity index (χ2n) is 4.01. The third kappa shape index (κ3) is 13.2. The van der Waals surface area contributed by atoms with Gasteiger partial charge in [-0.2, -0.15) is 18.3 Å². The zero-order valence-electron chi connectivity index (χ0n) is 11.1. The molecular weight excluding hydrogens is 311 g/mol. The number of rotatable bonds is 6. The molecule has 21 heavy (non-hydrogen) atoms. The first-order valence-corrected chi connectivity index (χ1v) is 6.99. The number of amidine groups is 1. The van der Waals surface area contributed by atoms with Crippen LogP contribution in [0.3, 0.4) is 0 Å². The van der Waals surface area contributed by atoms with Crippen molar-refractivity contribution in [2.45, 2.75) is 38.3 Å². The summed E-state index contributed by atoms with van der Waals surface area (Å²) in [5, 5.41) is 16.7. The molecule has 1 rings (SSSR count). The molecule has 0 aliphatic carbocycles. The molecule has 0 atom stereocenters. The highest BCUT2D eigenvalue weighted by atomic mass is 32.2. The van der Waals surface area contributed by atoms with Gasteiger partial charge in [0.25, 0.3) is 0 Å². The first kappa shape index (κ1) is 19.4. The third-order valence-electron chi connectivity index (χ3n) is 2.17. The van der Waals surface area contributed by atoms with Crippen molar-refractivity contribution in [1.29, 1.82) is 0 Å². The van der Waals surface area contributed by atoms with Gasteiger partial charge in [-0.05, 0) is 19.3 Å². The Morgan fingerprint density at radius 2 is 1.95 bits per heavy atom. The van der Waals surface area contributed by atoms with Crippen LogP contribution >= 0.6 is 11.8 Å². The van der Waals surface area contributed by atoms with E-state index in [0.717, 1.165) is 37.1 Å². The number of alkyl halides is 3. The fraction of sp³-hybridized carbons (Fsp3) is 0.636. The van der Waals surface area contributed by atoms with Gasteiger partial charge in [-0.3, -0.25) is 9.59 Å². The Morgan fingerprint density at radius 3 is 2.38 bits per heavy atom. The maximum atomic E-state index is 10.4. The summed E-state index contributed by atoms with van der Waals surface area (Å²) in [4.78, 5) is 18.9. The molecule has 6 nitrogen and oxygen atoms in total. The summed E-state index contributed by atoms with van der Waals surface area (Å²) in [6.45, 7) is 0. The van der Waals surface area contributed by atoms with Gasteiger partial charge in [0.05, 0.1) is 5.71 Å². The molecule has 0 spiro atoms. The summed E-state index contributed by atoms with van der Waals surface area (Å²) in [5.74, 6) is 0.0896. The lowest BCUT2D eigenvalue weighted by Crippen LogP contribution is -2.15. The van der Waals surface area contributed by atoms with Gasteiger partial charge >= 0.3 is 12.1 Å². The van der Waals surface area contributed by atoms with Crippen LogP contribution in [0.25, 0.3) is 0 Å². The Morgan fingerprint density at radius 1 is 1.33 bits per heavy atom. The van der Waals surface area contributed by atoms with E-state index < -0.39 is 18.4 Å². The Bertz CT molecular complexity index is 411. The van der Waals surface area contributed by atoms with Crippen molar-refractivity contribution in [2.75, 3.05) is 5.75 Å². The van der Waals surface area contributed by atoms with Gasteiger partial charge in [-0.1, -0.05) is 18.2 Å². The normalized spacial score (nSPS) is 14.4. The summed E-state index contributed by atoms with van der Waals surface area (Å²) < 4.78 is 31.2. The molecule has 0 amide bonds. The molecule has 0 aromatic rings. The van der Waals surface area contributed by atoms with Crippen LogP contribution in [0.4, 0.5) is 13.2 Å². The van der Waals surface area contributed by atoms with Crippen LogP contribution in [0.5, 0.6) is 0 Å². The molecule has 0 saturated heterocycles. The Labute approximate surface area is 123 Å². The van der Waals surface area contributed by atoms with E-state index in [0.29, 0.717) is 5.17 Å². The lowest BCUT2D eigenvalue weighted by Gasteiger charge is -2.08. The van der Waals surface area contributed by atoms with Crippen molar-refractivity contribution < 1.29 is 27.9 Å². The number of hydrogen-bond donors (Lipinski definition) is 2. The van der Waals surface area contributed by atoms with E-state index >= 15 is 0 Å². The highest BCUT2D eigenvalue weighted by Gasteiger charge is 2.24. The van der Waals surface area contributed by atoms with E-state index in [1.165, 1.54) is 11.8 Å². The summed E-state index contributed by atoms with van der Waals surface area (Å²) in [6.07, 6.45) is -1.92. The Kier molecular flexibility index (Phi) is 9.42. The fourth-order valence-electron chi connectivity index (χ4n) is 1.24. The number of aliphatic carboxylic acids is 1. The predicted octanol–water partition coefficient (Wildman–Crippen LogP) is 2.19. The number of aldehydes is 1. The molecule has 0 radical (unpaired) electrons. The molecule has 0 aromatic heterocycles. The van der Waals surface area contributed by atoms with Crippen molar-refractivity contribution in [2.24, 2.45) is 15.9 Å². The first-order chi connectivity index (χ1) is 9.74. The maximum absolute atomic E-state index is 10.4. The average Bonchev–Trinajstić information content (AvgIpc) is 2.40. The van der Waals surface area contributed by atoms with E-state index in [2.05, 4.69) is 10.2 Å². The molecule has 0 unspecified atom stereocenters. The highest BCUT2D eigenvalue weighted by Crippen LogP contribution is 2.12. The highest BCUT2D eigenvalue weighted by molar-refractivity contribution is 8.14. The summed E-state index contributed by atoms with van der Waals surface area (Å²) in [7, 11) is 0. The smallest absolute Gasteiger partial charge is 0.446 e. The molecule has 3 N–H and O–H groups in total. The first-order valence-electron chi connectivity index (χ1n) is 6.01. The van der Waals surface area contributed by atoms with Gasteiger partial charge in [0, 0.05) is 12.2 Å². The lowest BCUT2D eigenvalue weighted by molar-refractivity contribution is -0.156. The number of carbonyl (C=O) groups is 2. The van der Waals surface area contributed by atoms with Gasteiger partial charge < -0.3 is 10.8 Å². The van der Waals surface area contributed by atoms with E-state index in [1.54, 1.807) is 0 Å². The van der Waals surface area contributed by atoms with Crippen molar-refractivity contribution >= 4 is 34.9 Å². The second-order valence-corrected chi connectivity index (χ2v) is 5.00. The molecule has 0 aromatic carbocycles. The second kappa shape index (κ2) is 10.2. The zero-order chi connectivity index (χ0) is 16.3. The van der Waals surface area contributed by atoms with Crippen molar-refractivity contribution in [3.63, 3.8) is 0 Å². The largest absolute Gasteiger partial charge is 0.481 e. The number of halogens is 3. The number of carbonyl (C=O) groups excluding carboxylic acids is 1. The third-order valence-corrected chi connectivity index (χ3v) is 3.02. The lowest BCUT2D eigenvalue weighted by atomic mass is 10.1. The number of thioether (sulfide) groups is 1. The van der Waals surface area contributed by atoms with Gasteiger partial charge in [-0.15, -0.1) is 5.10 Å². The van der Waals surface area contributed by atoms with E-state index in [4.69, 9.17) is 15.6 Å². The van der Waals surface area contributed by atoms with Gasteiger partial charge in [-0.25, -0.2) is 0 Å². The van der Waals surface area contributed by atoms with Crippen LogP contribution in [0.15, 0.2) is 10.2 Å². The van der Waals surface area contributed by atoms with Gasteiger partial charge in [0.1, 0.15) is 0 Å². The van der Waals surface area contributed by atoms with E-state index in [1.807, 2.05) is 0 Å². The minimum absolute atomic E-state index is 0.256. The Balaban J connectivity index is 0.000000567. The van der Waals surface area contributed by atoms with Crippen molar-refractivity contribution in [3.05, 3.63) is 0 Å². The number of nitrogens with zero attached hydrogens (tertiary/aromatic N) is 2. The molecule has 0 saturated carbocycles. The van der Waals surface area contributed by atoms with Crippen LogP contribution < -0.4 is 5.73 Å². The molecular formula is C11H16F3N3O3S. The van der Waals surface area contributed by atoms with Crippen LogP contribution in [0.2, 0.25) is 0 Å². The SMILES string of the molecule is NC1=NN=C(CCCCCC(=O)O)CS1.O=CC(F)(F)F. The summed E-state index contributed by atoms with van der Waals surface area (Å²) in [5.41, 5.74) is 6.49. The minimum atomic E-state index is -4.64. The number of hydrogen-bond acceptors (Lipinski definition) is 6. The van der Waals surface area contributed by atoms with E-state index in [9.17, 15) is 18.0 Å². The minimum Gasteiger partial charge on any atom is -0.481 e. The molecule has 1 aliphatic heterocycles. The standard InChI is InChI=1S/C9H15N3O2S.C2HF3O/c10-9-12-11-7(6-15-9)4-2-1-3-5-8(13)14;3-2(4,5)1-6/h1-6H2,(H2,10,12)(H,13,14);1H. The topological polar surface area (TPSA) is 105 Å². The quantitative estimate of drug-likeness (QED) is 0.574.